The van der Waals surface area contributed by atoms with Crippen LogP contribution < -0.4 is 11.1 Å². The molecule has 0 spiro atoms. The lowest BCUT2D eigenvalue weighted by molar-refractivity contribution is -0.119. The lowest BCUT2D eigenvalue weighted by atomic mass is 10.2. The van der Waals surface area contributed by atoms with Gasteiger partial charge in [0.25, 0.3) is 0 Å². The number of primary amides is 1. The molecule has 0 aliphatic carbocycles. The number of aryl methyl sites for hydroxylation is 1. The van der Waals surface area contributed by atoms with E-state index in [9.17, 15) is 4.79 Å². The van der Waals surface area contributed by atoms with Crippen molar-refractivity contribution in [3.05, 3.63) is 23.7 Å². The maximum absolute atomic E-state index is 10.7. The zero-order valence-corrected chi connectivity index (χ0v) is 7.83. The molecular weight excluding hydrogens is 168 g/mol. The Hall–Kier alpha value is -1.29. The van der Waals surface area contributed by atoms with Gasteiger partial charge in [-0.1, -0.05) is 0 Å². The van der Waals surface area contributed by atoms with E-state index in [-0.39, 0.29) is 11.9 Å². The molecule has 0 radical (unpaired) electrons. The van der Waals surface area contributed by atoms with Crippen LogP contribution >= 0.6 is 0 Å². The predicted molar refractivity (Wildman–Crippen MR) is 48.9 cm³/mol. The number of nitrogens with one attached hydrogen (secondary N) is 1. The minimum absolute atomic E-state index is 0.329. The Morgan fingerprint density at radius 3 is 2.92 bits per heavy atom. The summed E-state index contributed by atoms with van der Waals surface area (Å²) in [6, 6.07) is 1.55. The highest BCUT2D eigenvalue weighted by Gasteiger charge is 2.09. The van der Waals surface area contributed by atoms with Crippen LogP contribution in [-0.4, -0.2) is 11.9 Å². The summed E-state index contributed by atoms with van der Waals surface area (Å²) >= 11 is 0. The summed E-state index contributed by atoms with van der Waals surface area (Å²) in [6.45, 7) is 4.21. The summed E-state index contributed by atoms with van der Waals surface area (Å²) < 4.78 is 5.18. The molecule has 3 N–H and O–H groups in total. The number of hydrogen-bond acceptors (Lipinski definition) is 3. The van der Waals surface area contributed by atoms with Crippen LogP contribution in [0.25, 0.3) is 0 Å². The highest BCUT2D eigenvalue weighted by molar-refractivity contribution is 5.79. The molecular formula is C9H14N2O2. The third-order valence-electron chi connectivity index (χ3n) is 1.96. The lowest BCUT2D eigenvalue weighted by Gasteiger charge is -2.08. The summed E-state index contributed by atoms with van der Waals surface area (Å²) in [4.78, 5) is 10.7. The lowest BCUT2D eigenvalue weighted by Crippen LogP contribution is -2.38. The molecule has 1 aromatic rings. The first kappa shape index (κ1) is 9.80. The van der Waals surface area contributed by atoms with Crippen LogP contribution in [0.4, 0.5) is 0 Å². The minimum Gasteiger partial charge on any atom is -0.468 e. The average molecular weight is 182 g/mol. The Morgan fingerprint density at radius 2 is 2.46 bits per heavy atom. The van der Waals surface area contributed by atoms with Crippen molar-refractivity contribution in [1.82, 2.24) is 5.32 Å². The second-order valence-corrected chi connectivity index (χ2v) is 3.03. The van der Waals surface area contributed by atoms with Gasteiger partial charge < -0.3 is 10.2 Å². The fraction of sp³-hybridized carbons (Fsp3) is 0.444. The molecule has 1 rings (SSSR count). The highest BCUT2D eigenvalue weighted by atomic mass is 16.3. The predicted octanol–water partition coefficient (Wildman–Crippen LogP) is 0.551. The fourth-order valence-corrected chi connectivity index (χ4v) is 0.932. The Labute approximate surface area is 77.1 Å². The molecule has 0 aliphatic rings. The molecule has 4 heteroatoms. The van der Waals surface area contributed by atoms with Gasteiger partial charge in [-0.3, -0.25) is 10.1 Å². The van der Waals surface area contributed by atoms with Gasteiger partial charge in [-0.25, -0.2) is 0 Å². The second kappa shape index (κ2) is 4.09. The number of nitrogens with two attached hydrogens (primary N) is 1. The summed E-state index contributed by atoms with van der Waals surface area (Å²) in [5, 5.41) is 2.96. The van der Waals surface area contributed by atoms with E-state index in [0.717, 1.165) is 11.3 Å². The highest BCUT2D eigenvalue weighted by Crippen LogP contribution is 2.07. The van der Waals surface area contributed by atoms with Gasteiger partial charge in [-0.15, -0.1) is 0 Å². The topological polar surface area (TPSA) is 68.3 Å². The van der Waals surface area contributed by atoms with E-state index in [2.05, 4.69) is 5.32 Å². The van der Waals surface area contributed by atoms with Crippen LogP contribution in [0, 0.1) is 6.92 Å². The summed E-state index contributed by atoms with van der Waals surface area (Å²) in [5.41, 5.74) is 6.15. The van der Waals surface area contributed by atoms with E-state index < -0.39 is 0 Å². The molecule has 72 valence electrons. The minimum atomic E-state index is -0.357. The Bertz CT molecular complexity index is 294. The molecule has 0 bridgehead atoms. The van der Waals surface area contributed by atoms with Crippen LogP contribution in [0.3, 0.4) is 0 Å². The van der Waals surface area contributed by atoms with Crippen molar-refractivity contribution in [3.63, 3.8) is 0 Å². The van der Waals surface area contributed by atoms with Gasteiger partial charge in [0.2, 0.25) is 5.91 Å². The summed E-state index contributed by atoms with van der Waals surface area (Å²) in [6.07, 6.45) is 1.63. The average Bonchev–Trinajstić information content (AvgIpc) is 2.47. The third-order valence-corrected chi connectivity index (χ3v) is 1.96. The standard InChI is InChI=1S/C9H14N2O2/c1-6-3-4-13-8(6)5-11-7(2)9(10)12/h3-4,7,11H,5H2,1-2H3,(H2,10,12)/t7-/m0/s1. The van der Waals surface area contributed by atoms with Gasteiger partial charge in [-0.2, -0.15) is 0 Å². The van der Waals surface area contributed by atoms with Gasteiger partial charge >= 0.3 is 0 Å². The molecule has 0 saturated heterocycles. The van der Waals surface area contributed by atoms with Crippen molar-refractivity contribution < 1.29 is 9.21 Å². The van der Waals surface area contributed by atoms with E-state index in [0.29, 0.717) is 6.54 Å². The van der Waals surface area contributed by atoms with Crippen LogP contribution in [-0.2, 0) is 11.3 Å². The molecule has 1 atom stereocenters. The van der Waals surface area contributed by atoms with E-state index in [1.165, 1.54) is 0 Å². The van der Waals surface area contributed by atoms with E-state index in [1.807, 2.05) is 13.0 Å². The third kappa shape index (κ3) is 2.59. The number of carbonyl (C=O) groups excluding carboxylic acids is 1. The molecule has 0 aliphatic heterocycles. The molecule has 0 saturated carbocycles. The number of hydrogen-bond donors (Lipinski definition) is 2. The Kier molecular flexibility index (Phi) is 3.08. The molecule has 1 aromatic heterocycles. The Balaban J connectivity index is 2.44. The first-order chi connectivity index (χ1) is 6.11. The van der Waals surface area contributed by atoms with Crippen molar-refractivity contribution >= 4 is 5.91 Å². The number of carbonyl (C=O) groups is 1. The zero-order valence-electron chi connectivity index (χ0n) is 7.83. The SMILES string of the molecule is Cc1ccoc1CN[C@@H](C)C(N)=O. The number of rotatable bonds is 4. The van der Waals surface area contributed by atoms with Crippen LogP contribution in [0.15, 0.2) is 16.7 Å². The van der Waals surface area contributed by atoms with Gasteiger partial charge in [0.05, 0.1) is 18.8 Å². The smallest absolute Gasteiger partial charge is 0.234 e. The fourth-order valence-electron chi connectivity index (χ4n) is 0.932. The molecule has 0 aromatic carbocycles. The van der Waals surface area contributed by atoms with Crippen LogP contribution in [0.2, 0.25) is 0 Å². The molecule has 13 heavy (non-hydrogen) atoms. The summed E-state index contributed by atoms with van der Waals surface area (Å²) in [7, 11) is 0. The van der Waals surface area contributed by atoms with Gasteiger partial charge in [0.1, 0.15) is 5.76 Å². The normalized spacial score (nSPS) is 12.8. The van der Waals surface area contributed by atoms with Crippen molar-refractivity contribution in [2.45, 2.75) is 26.4 Å². The molecule has 0 fully saturated rings. The van der Waals surface area contributed by atoms with Crippen molar-refractivity contribution in [3.8, 4) is 0 Å². The maximum Gasteiger partial charge on any atom is 0.234 e. The van der Waals surface area contributed by atoms with Gasteiger partial charge in [0.15, 0.2) is 0 Å². The second-order valence-electron chi connectivity index (χ2n) is 3.03. The number of furan rings is 1. The van der Waals surface area contributed by atoms with E-state index in [1.54, 1.807) is 13.2 Å². The van der Waals surface area contributed by atoms with Crippen LogP contribution in [0.1, 0.15) is 18.2 Å². The van der Waals surface area contributed by atoms with Crippen molar-refractivity contribution in [2.75, 3.05) is 0 Å². The quantitative estimate of drug-likeness (QED) is 0.714. The Morgan fingerprint density at radius 1 is 1.77 bits per heavy atom. The summed E-state index contributed by atoms with van der Waals surface area (Å²) in [5.74, 6) is 0.484. The number of amides is 1. The first-order valence-corrected chi connectivity index (χ1v) is 4.17. The first-order valence-electron chi connectivity index (χ1n) is 4.17. The molecule has 1 amide bonds. The van der Waals surface area contributed by atoms with Gasteiger partial charge in [0, 0.05) is 0 Å². The largest absolute Gasteiger partial charge is 0.468 e. The zero-order chi connectivity index (χ0) is 9.84. The van der Waals surface area contributed by atoms with E-state index in [4.69, 9.17) is 10.2 Å². The maximum atomic E-state index is 10.7. The molecule has 1 heterocycles. The van der Waals surface area contributed by atoms with Crippen molar-refractivity contribution in [2.24, 2.45) is 5.73 Å². The van der Waals surface area contributed by atoms with Gasteiger partial charge in [-0.05, 0) is 25.5 Å². The van der Waals surface area contributed by atoms with Crippen molar-refractivity contribution in [1.29, 1.82) is 0 Å². The van der Waals surface area contributed by atoms with E-state index >= 15 is 0 Å². The monoisotopic (exact) mass is 182 g/mol. The molecule has 4 nitrogen and oxygen atoms in total. The van der Waals surface area contributed by atoms with Crippen LogP contribution in [0.5, 0.6) is 0 Å². The molecule has 0 unspecified atom stereocenters.